The van der Waals surface area contributed by atoms with Crippen LogP contribution in [0.15, 0.2) is 18.2 Å². The third-order valence-corrected chi connectivity index (χ3v) is 8.77. The molecular weight excluding hydrogens is 444 g/mol. The van der Waals surface area contributed by atoms with Gasteiger partial charge in [0.05, 0.1) is 0 Å². The normalized spacial score (nSPS) is 32.2. The van der Waals surface area contributed by atoms with Gasteiger partial charge in [0.15, 0.2) is 0 Å². The van der Waals surface area contributed by atoms with E-state index >= 15 is 0 Å². The summed E-state index contributed by atoms with van der Waals surface area (Å²) in [4.78, 5) is 41.0. The lowest BCUT2D eigenvalue weighted by atomic mass is 9.82. The number of imide groups is 1. The van der Waals surface area contributed by atoms with Crippen LogP contribution in [0.3, 0.4) is 0 Å². The molecule has 0 radical (unpaired) electrons. The molecule has 6 rings (SSSR count). The Labute approximate surface area is 206 Å². The molecule has 35 heavy (non-hydrogen) atoms. The Hall–Kier alpha value is -2.45. The maximum absolute atomic E-state index is 13.0. The SMILES string of the molecule is O=C1CCC(N2Cc3cc(O[C@H]4CCCC[C@@H]4N4CC(C5CCCCN5)C4)ccc3C2=O)C(=O)N1. The van der Waals surface area contributed by atoms with Crippen molar-refractivity contribution in [2.24, 2.45) is 5.92 Å². The second-order valence-electron chi connectivity index (χ2n) is 11.0. The second-order valence-corrected chi connectivity index (χ2v) is 11.0. The molecule has 3 saturated heterocycles. The number of rotatable bonds is 5. The van der Waals surface area contributed by atoms with Gasteiger partial charge in [-0.25, -0.2) is 0 Å². The number of nitrogens with one attached hydrogen (secondary N) is 2. The molecule has 1 saturated carbocycles. The Kier molecular flexibility index (Phi) is 6.26. The van der Waals surface area contributed by atoms with Crippen LogP contribution in [0.2, 0.25) is 0 Å². The number of ether oxygens (including phenoxy) is 1. The van der Waals surface area contributed by atoms with E-state index < -0.39 is 6.04 Å². The van der Waals surface area contributed by atoms with Gasteiger partial charge in [0.2, 0.25) is 11.8 Å². The molecule has 0 aromatic heterocycles. The highest BCUT2D eigenvalue weighted by molar-refractivity contribution is 6.05. The molecule has 8 heteroatoms. The lowest BCUT2D eigenvalue weighted by Gasteiger charge is -2.51. The van der Waals surface area contributed by atoms with E-state index in [2.05, 4.69) is 15.5 Å². The maximum atomic E-state index is 13.0. The molecule has 2 N–H and O–H groups in total. The Morgan fingerprint density at radius 2 is 1.77 bits per heavy atom. The number of benzene rings is 1. The molecule has 0 bridgehead atoms. The Morgan fingerprint density at radius 1 is 0.943 bits per heavy atom. The average molecular weight is 481 g/mol. The fourth-order valence-electron chi connectivity index (χ4n) is 6.79. The Balaban J connectivity index is 1.10. The summed E-state index contributed by atoms with van der Waals surface area (Å²) >= 11 is 0. The fraction of sp³-hybridized carbons (Fsp3) is 0.667. The number of hydrogen-bond donors (Lipinski definition) is 2. The minimum atomic E-state index is -0.585. The number of piperidine rings is 2. The molecule has 3 amide bonds. The minimum absolute atomic E-state index is 0.139. The summed E-state index contributed by atoms with van der Waals surface area (Å²) in [5.41, 5.74) is 1.53. The van der Waals surface area contributed by atoms with Gasteiger partial charge in [0, 0.05) is 43.7 Å². The molecule has 8 nitrogen and oxygen atoms in total. The zero-order valence-electron chi connectivity index (χ0n) is 20.3. The smallest absolute Gasteiger partial charge is 0.255 e. The molecule has 4 heterocycles. The molecule has 1 aliphatic carbocycles. The van der Waals surface area contributed by atoms with Crippen molar-refractivity contribution in [3.8, 4) is 5.75 Å². The summed E-state index contributed by atoms with van der Waals surface area (Å²) < 4.78 is 6.57. The van der Waals surface area contributed by atoms with Crippen LogP contribution in [0, 0.1) is 5.92 Å². The summed E-state index contributed by atoms with van der Waals surface area (Å²) in [6.45, 7) is 3.88. The molecular formula is C27H36N4O4. The number of carbonyl (C=O) groups is 3. The van der Waals surface area contributed by atoms with Crippen molar-refractivity contribution in [3.63, 3.8) is 0 Å². The van der Waals surface area contributed by atoms with Gasteiger partial charge in [-0.15, -0.1) is 0 Å². The van der Waals surface area contributed by atoms with E-state index in [1.807, 2.05) is 18.2 Å². The quantitative estimate of drug-likeness (QED) is 0.628. The van der Waals surface area contributed by atoms with Crippen LogP contribution in [-0.4, -0.2) is 71.4 Å². The molecule has 4 fully saturated rings. The molecule has 5 aliphatic rings. The first-order valence-corrected chi connectivity index (χ1v) is 13.5. The van der Waals surface area contributed by atoms with Crippen molar-refractivity contribution < 1.29 is 19.1 Å². The molecule has 2 unspecified atom stereocenters. The van der Waals surface area contributed by atoms with E-state index in [-0.39, 0.29) is 30.2 Å². The number of likely N-dealkylation sites (tertiary alicyclic amines) is 1. The lowest BCUT2D eigenvalue weighted by molar-refractivity contribution is -0.136. The van der Waals surface area contributed by atoms with Crippen LogP contribution >= 0.6 is 0 Å². The second kappa shape index (κ2) is 9.54. The van der Waals surface area contributed by atoms with E-state index in [0.29, 0.717) is 30.6 Å². The van der Waals surface area contributed by atoms with Gasteiger partial charge in [0.1, 0.15) is 17.9 Å². The molecule has 1 aromatic carbocycles. The summed E-state index contributed by atoms with van der Waals surface area (Å²) in [6, 6.07) is 6.28. The summed E-state index contributed by atoms with van der Waals surface area (Å²) in [6.07, 6.45) is 9.48. The van der Waals surface area contributed by atoms with Crippen molar-refractivity contribution in [3.05, 3.63) is 29.3 Å². The predicted molar refractivity (Wildman–Crippen MR) is 130 cm³/mol. The highest BCUT2D eigenvalue weighted by Gasteiger charge is 2.42. The first-order chi connectivity index (χ1) is 17.1. The third-order valence-electron chi connectivity index (χ3n) is 8.77. The third kappa shape index (κ3) is 4.47. The van der Waals surface area contributed by atoms with Crippen LogP contribution < -0.4 is 15.4 Å². The van der Waals surface area contributed by atoms with Gasteiger partial charge in [-0.1, -0.05) is 12.8 Å². The number of fused-ring (bicyclic) bond motifs is 1. The van der Waals surface area contributed by atoms with Gasteiger partial charge in [-0.3, -0.25) is 24.6 Å². The van der Waals surface area contributed by atoms with Crippen LogP contribution in [0.1, 0.15) is 73.7 Å². The summed E-state index contributed by atoms with van der Waals surface area (Å²) in [7, 11) is 0. The van der Waals surface area contributed by atoms with E-state index in [1.165, 1.54) is 51.6 Å². The first-order valence-electron chi connectivity index (χ1n) is 13.5. The Bertz CT molecular complexity index is 1000. The van der Waals surface area contributed by atoms with Crippen molar-refractivity contribution in [1.82, 2.24) is 20.4 Å². The van der Waals surface area contributed by atoms with Crippen LogP contribution in [0.5, 0.6) is 5.75 Å². The summed E-state index contributed by atoms with van der Waals surface area (Å²) in [5, 5.41) is 6.09. The van der Waals surface area contributed by atoms with E-state index in [9.17, 15) is 14.4 Å². The van der Waals surface area contributed by atoms with Crippen molar-refractivity contribution in [2.45, 2.75) is 88.6 Å². The molecule has 4 aliphatic heterocycles. The Morgan fingerprint density at radius 3 is 2.57 bits per heavy atom. The van der Waals surface area contributed by atoms with Crippen LogP contribution in [0.25, 0.3) is 0 Å². The number of hydrogen-bond acceptors (Lipinski definition) is 6. The number of nitrogens with zero attached hydrogens (tertiary/aromatic N) is 2. The largest absolute Gasteiger partial charge is 0.489 e. The lowest BCUT2D eigenvalue weighted by Crippen LogP contribution is -2.62. The van der Waals surface area contributed by atoms with Gasteiger partial charge in [-0.05, 0) is 74.8 Å². The van der Waals surface area contributed by atoms with Crippen molar-refractivity contribution in [2.75, 3.05) is 19.6 Å². The van der Waals surface area contributed by atoms with E-state index in [1.54, 1.807) is 4.90 Å². The van der Waals surface area contributed by atoms with Crippen LogP contribution in [0.4, 0.5) is 0 Å². The molecule has 188 valence electrons. The molecule has 4 atom stereocenters. The van der Waals surface area contributed by atoms with Gasteiger partial charge >= 0.3 is 0 Å². The number of carbonyl (C=O) groups excluding carboxylic acids is 3. The fourth-order valence-corrected chi connectivity index (χ4v) is 6.79. The summed E-state index contributed by atoms with van der Waals surface area (Å²) in [5.74, 6) is 0.795. The highest BCUT2D eigenvalue weighted by atomic mass is 16.5. The maximum Gasteiger partial charge on any atom is 0.255 e. The van der Waals surface area contributed by atoms with Crippen molar-refractivity contribution in [1.29, 1.82) is 0 Å². The predicted octanol–water partition coefficient (Wildman–Crippen LogP) is 2.21. The van der Waals surface area contributed by atoms with E-state index in [4.69, 9.17) is 4.74 Å². The van der Waals surface area contributed by atoms with Gasteiger partial charge < -0.3 is 15.0 Å². The highest BCUT2D eigenvalue weighted by Crippen LogP contribution is 2.35. The number of amides is 3. The molecule has 1 aromatic rings. The van der Waals surface area contributed by atoms with Crippen molar-refractivity contribution >= 4 is 17.7 Å². The van der Waals surface area contributed by atoms with E-state index in [0.717, 1.165) is 30.2 Å². The zero-order chi connectivity index (χ0) is 23.9. The zero-order valence-corrected chi connectivity index (χ0v) is 20.3. The van der Waals surface area contributed by atoms with Gasteiger partial charge in [-0.2, -0.15) is 0 Å². The topological polar surface area (TPSA) is 91.0 Å². The monoisotopic (exact) mass is 480 g/mol. The van der Waals surface area contributed by atoms with Crippen LogP contribution in [-0.2, 0) is 16.1 Å². The molecule has 0 spiro atoms. The standard InChI is InChI=1S/C27H36N4O4/c32-25-11-10-23(26(33)29-25)31-16-17-13-19(8-9-20(17)27(31)34)35-24-7-2-1-6-22(24)30-14-18(15-30)21-5-3-4-12-28-21/h8-9,13,18,21-24,28H,1-7,10-12,14-16H2,(H,29,32,33)/t21?,22-,23?,24-/m0/s1. The average Bonchev–Trinajstić information content (AvgIpc) is 3.15. The minimum Gasteiger partial charge on any atom is -0.489 e. The first kappa shape index (κ1) is 23.0. The van der Waals surface area contributed by atoms with Gasteiger partial charge in [0.25, 0.3) is 5.91 Å².